The lowest BCUT2D eigenvalue weighted by molar-refractivity contribution is 0.395. The highest BCUT2D eigenvalue weighted by Crippen LogP contribution is 2.36. The van der Waals surface area contributed by atoms with E-state index in [4.69, 9.17) is 9.47 Å². The highest BCUT2D eigenvalue weighted by molar-refractivity contribution is 5.61. The second-order valence-corrected chi connectivity index (χ2v) is 6.49. The summed E-state index contributed by atoms with van der Waals surface area (Å²) in [5.74, 6) is 1.48. The normalized spacial score (nSPS) is 11.3. The molecule has 0 amide bonds. The number of anilines is 2. The molecule has 0 aromatic heterocycles. The number of nitrogens with one attached hydrogen (secondary N) is 2. The monoisotopic (exact) mass is 352 g/mol. The predicted octanol–water partition coefficient (Wildman–Crippen LogP) is 5.21. The summed E-state index contributed by atoms with van der Waals surface area (Å²) in [4.78, 5) is 0. The number of methoxy groups -OCH3 is 2. The Labute approximate surface area is 156 Å². The van der Waals surface area contributed by atoms with E-state index in [0.717, 1.165) is 28.4 Å². The molecule has 0 fully saturated rings. The molecule has 0 bridgehead atoms. The maximum atomic E-state index is 5.41. The van der Waals surface area contributed by atoms with Crippen molar-refractivity contribution in [2.24, 2.45) is 0 Å². The molecule has 4 heteroatoms. The van der Waals surface area contributed by atoms with Crippen molar-refractivity contribution < 1.29 is 9.47 Å². The van der Waals surface area contributed by atoms with E-state index >= 15 is 0 Å². The van der Waals surface area contributed by atoms with Gasteiger partial charge in [-0.3, -0.25) is 0 Å². The largest absolute Gasteiger partial charge is 0.497 e. The average molecular weight is 352 g/mol. The third-order valence-electron chi connectivity index (χ3n) is 4.60. The molecule has 0 saturated heterocycles. The third-order valence-corrected chi connectivity index (χ3v) is 4.60. The van der Waals surface area contributed by atoms with Gasteiger partial charge in [-0.25, -0.2) is 0 Å². The van der Waals surface area contributed by atoms with Gasteiger partial charge in [0.25, 0.3) is 0 Å². The quantitative estimate of drug-likeness (QED) is 0.640. The van der Waals surface area contributed by atoms with E-state index in [1.807, 2.05) is 43.6 Å². The molecular formula is C22H28N2O2. The number of hydrogen-bond donors (Lipinski definition) is 2. The van der Waals surface area contributed by atoms with Gasteiger partial charge >= 0.3 is 0 Å². The number of rotatable bonds is 8. The zero-order valence-electron chi connectivity index (χ0n) is 16.2. The van der Waals surface area contributed by atoms with Crippen molar-refractivity contribution >= 4 is 11.4 Å². The fourth-order valence-corrected chi connectivity index (χ4v) is 2.78. The summed E-state index contributed by atoms with van der Waals surface area (Å²) in [6.07, 6.45) is 3.88. The topological polar surface area (TPSA) is 42.5 Å². The minimum absolute atomic E-state index is 0.207. The third kappa shape index (κ3) is 4.20. The second-order valence-electron chi connectivity index (χ2n) is 6.49. The minimum atomic E-state index is -0.207. The van der Waals surface area contributed by atoms with Gasteiger partial charge in [0.05, 0.1) is 19.9 Å². The van der Waals surface area contributed by atoms with E-state index < -0.39 is 0 Å². The van der Waals surface area contributed by atoms with E-state index in [1.54, 1.807) is 14.2 Å². The van der Waals surface area contributed by atoms with E-state index in [1.165, 1.54) is 5.56 Å². The molecule has 0 aliphatic rings. The van der Waals surface area contributed by atoms with Crippen molar-refractivity contribution in [3.63, 3.8) is 0 Å². The first-order valence-electron chi connectivity index (χ1n) is 8.55. The van der Waals surface area contributed by atoms with Crippen LogP contribution in [0.15, 0.2) is 66.9 Å². The number of benzene rings is 2. The molecule has 4 nitrogen and oxygen atoms in total. The van der Waals surface area contributed by atoms with Crippen LogP contribution >= 0.6 is 0 Å². The molecule has 2 aromatic carbocycles. The summed E-state index contributed by atoms with van der Waals surface area (Å²) in [6.45, 7) is 8.61. The molecular weight excluding hydrogens is 324 g/mol. The van der Waals surface area contributed by atoms with E-state index in [2.05, 4.69) is 49.3 Å². The van der Waals surface area contributed by atoms with Gasteiger partial charge in [-0.15, -0.1) is 0 Å². The van der Waals surface area contributed by atoms with Crippen molar-refractivity contribution in [2.75, 3.05) is 31.9 Å². The van der Waals surface area contributed by atoms with Crippen LogP contribution in [0.3, 0.4) is 0 Å². The summed E-state index contributed by atoms with van der Waals surface area (Å²) in [6, 6.07) is 13.9. The van der Waals surface area contributed by atoms with Crippen LogP contribution in [0.25, 0.3) is 0 Å². The number of hydrogen-bond acceptors (Lipinski definition) is 4. The molecule has 26 heavy (non-hydrogen) atoms. The highest BCUT2D eigenvalue weighted by Gasteiger charge is 2.25. The van der Waals surface area contributed by atoms with Crippen LogP contribution in [0.1, 0.15) is 19.4 Å². The van der Waals surface area contributed by atoms with Crippen molar-refractivity contribution in [2.45, 2.75) is 19.3 Å². The molecule has 0 unspecified atom stereocenters. The van der Waals surface area contributed by atoms with E-state index in [-0.39, 0.29) is 5.41 Å². The van der Waals surface area contributed by atoms with Gasteiger partial charge in [-0.1, -0.05) is 38.6 Å². The zero-order valence-corrected chi connectivity index (χ0v) is 16.2. The van der Waals surface area contributed by atoms with Crippen LogP contribution in [-0.2, 0) is 5.41 Å². The SMILES string of the molecule is C=C(/C=C/Nc1ccc(OC)cc1OC)C(C)(C)c1ccccc1NC. The van der Waals surface area contributed by atoms with Crippen LogP contribution in [0, 0.1) is 0 Å². The van der Waals surface area contributed by atoms with Gasteiger partial charge in [0.1, 0.15) is 11.5 Å². The van der Waals surface area contributed by atoms with E-state index in [0.29, 0.717) is 0 Å². The zero-order chi connectivity index (χ0) is 19.2. The summed E-state index contributed by atoms with van der Waals surface area (Å²) in [5, 5.41) is 6.52. The molecule has 2 rings (SSSR count). The predicted molar refractivity (Wildman–Crippen MR) is 110 cm³/mol. The molecule has 2 aromatic rings. The fourth-order valence-electron chi connectivity index (χ4n) is 2.78. The summed E-state index contributed by atoms with van der Waals surface area (Å²) < 4.78 is 10.6. The first kappa shape index (κ1) is 19.4. The second kappa shape index (κ2) is 8.48. The first-order valence-corrected chi connectivity index (χ1v) is 8.55. The lowest BCUT2D eigenvalue weighted by atomic mass is 9.77. The highest BCUT2D eigenvalue weighted by atomic mass is 16.5. The van der Waals surface area contributed by atoms with Crippen LogP contribution in [0.5, 0.6) is 11.5 Å². The van der Waals surface area contributed by atoms with Crippen molar-refractivity contribution in [1.82, 2.24) is 0 Å². The molecule has 2 N–H and O–H groups in total. The van der Waals surface area contributed by atoms with Gasteiger partial charge < -0.3 is 20.1 Å². The first-order chi connectivity index (χ1) is 12.4. The molecule has 0 atom stereocenters. The Hall–Kier alpha value is -2.88. The lowest BCUT2D eigenvalue weighted by Crippen LogP contribution is -2.20. The Morgan fingerprint density at radius 2 is 1.77 bits per heavy atom. The Kier molecular flexibility index (Phi) is 6.34. The van der Waals surface area contributed by atoms with Crippen molar-refractivity contribution in [1.29, 1.82) is 0 Å². The average Bonchev–Trinajstić information content (AvgIpc) is 2.67. The van der Waals surface area contributed by atoms with Crippen LogP contribution in [-0.4, -0.2) is 21.3 Å². The Bertz CT molecular complexity index is 794. The summed E-state index contributed by atoms with van der Waals surface area (Å²) in [7, 11) is 5.21. The summed E-state index contributed by atoms with van der Waals surface area (Å²) in [5.41, 5.74) is 3.98. The van der Waals surface area contributed by atoms with Gasteiger partial charge in [-0.05, 0) is 35.4 Å². The van der Waals surface area contributed by atoms with Crippen LogP contribution in [0.2, 0.25) is 0 Å². The van der Waals surface area contributed by atoms with Gasteiger partial charge in [0.2, 0.25) is 0 Å². The summed E-state index contributed by atoms with van der Waals surface area (Å²) >= 11 is 0. The van der Waals surface area contributed by atoms with Gasteiger partial charge in [-0.2, -0.15) is 0 Å². The smallest absolute Gasteiger partial charge is 0.145 e. The van der Waals surface area contributed by atoms with Gasteiger partial charge in [0, 0.05) is 30.4 Å². The molecule has 138 valence electrons. The number of allylic oxidation sites excluding steroid dienone is 2. The molecule has 0 spiro atoms. The number of para-hydroxylation sites is 1. The maximum Gasteiger partial charge on any atom is 0.145 e. The molecule has 0 aliphatic heterocycles. The Balaban J connectivity index is 2.16. The van der Waals surface area contributed by atoms with E-state index in [9.17, 15) is 0 Å². The molecule has 0 radical (unpaired) electrons. The molecule has 0 aliphatic carbocycles. The maximum absolute atomic E-state index is 5.41. The standard InChI is InChI=1S/C22H28N2O2/c1-16(22(2,3)18-9-7-8-10-19(18)23-4)13-14-24-20-12-11-17(25-5)15-21(20)26-6/h7-15,23-24H,1H2,2-6H3/b14-13+. The van der Waals surface area contributed by atoms with Crippen molar-refractivity contribution in [3.05, 3.63) is 72.5 Å². The Morgan fingerprint density at radius 1 is 1.04 bits per heavy atom. The van der Waals surface area contributed by atoms with Gasteiger partial charge in [0.15, 0.2) is 0 Å². The minimum Gasteiger partial charge on any atom is -0.497 e. The fraction of sp³-hybridized carbons (Fsp3) is 0.273. The number of ether oxygens (including phenoxy) is 2. The lowest BCUT2D eigenvalue weighted by Gasteiger charge is -2.28. The van der Waals surface area contributed by atoms with Crippen LogP contribution < -0.4 is 20.1 Å². The van der Waals surface area contributed by atoms with Crippen LogP contribution in [0.4, 0.5) is 11.4 Å². The Morgan fingerprint density at radius 3 is 2.42 bits per heavy atom. The molecule has 0 saturated carbocycles. The molecule has 0 heterocycles. The van der Waals surface area contributed by atoms with Crippen molar-refractivity contribution in [3.8, 4) is 11.5 Å².